The van der Waals surface area contributed by atoms with Gasteiger partial charge in [-0.15, -0.1) is 0 Å². The molecule has 174 valence electrons. The lowest BCUT2D eigenvalue weighted by atomic mass is 9.95. The third kappa shape index (κ3) is 3.33. The van der Waals surface area contributed by atoms with E-state index in [9.17, 15) is 22.8 Å². The highest BCUT2D eigenvalue weighted by Gasteiger charge is 2.48. The van der Waals surface area contributed by atoms with Gasteiger partial charge in [0.1, 0.15) is 10.9 Å². The third-order valence-electron chi connectivity index (χ3n) is 5.83. The lowest BCUT2D eigenvalue weighted by Gasteiger charge is -2.26. The molecule has 3 heterocycles. The van der Waals surface area contributed by atoms with E-state index in [1.807, 2.05) is 0 Å². The zero-order valence-corrected chi connectivity index (χ0v) is 18.0. The Balaban J connectivity index is 1.63. The van der Waals surface area contributed by atoms with Crippen LogP contribution in [0.2, 0.25) is 5.15 Å². The molecule has 0 aliphatic heterocycles. The summed E-state index contributed by atoms with van der Waals surface area (Å²) >= 11 is 6.30. The van der Waals surface area contributed by atoms with Crippen LogP contribution >= 0.6 is 11.6 Å². The maximum absolute atomic E-state index is 13.8. The van der Waals surface area contributed by atoms with E-state index in [-0.39, 0.29) is 17.7 Å². The Morgan fingerprint density at radius 1 is 1.21 bits per heavy atom. The summed E-state index contributed by atoms with van der Waals surface area (Å²) in [5, 5.41) is -0.412. The van der Waals surface area contributed by atoms with Gasteiger partial charge in [0.25, 0.3) is 5.91 Å². The summed E-state index contributed by atoms with van der Waals surface area (Å²) < 4.78 is 53.2. The van der Waals surface area contributed by atoms with Gasteiger partial charge in [-0.05, 0) is 30.2 Å². The minimum atomic E-state index is -4.81. The van der Waals surface area contributed by atoms with Gasteiger partial charge < -0.3 is 14.9 Å². The smallest absolute Gasteiger partial charge is 0.420 e. The minimum Gasteiger partial charge on any atom is -0.464 e. The number of halogens is 4. The van der Waals surface area contributed by atoms with Crippen molar-refractivity contribution in [3.8, 4) is 11.3 Å². The second kappa shape index (κ2) is 7.63. The number of nitrogens with zero attached hydrogens (tertiary/aromatic N) is 2. The number of hydrogen-bond donors (Lipinski definition) is 1. The number of esters is 1. The molecular formula is C23H15ClF3N3O4. The van der Waals surface area contributed by atoms with Gasteiger partial charge in [-0.2, -0.15) is 13.2 Å². The number of nitrogens with two attached hydrogens (primary N) is 1. The maximum atomic E-state index is 13.8. The molecule has 4 aromatic rings. The van der Waals surface area contributed by atoms with E-state index in [1.54, 1.807) is 24.3 Å². The van der Waals surface area contributed by atoms with Crippen LogP contribution in [0, 0.1) is 0 Å². The molecule has 0 fully saturated rings. The van der Waals surface area contributed by atoms with E-state index in [1.165, 1.54) is 24.6 Å². The van der Waals surface area contributed by atoms with Crippen molar-refractivity contribution in [1.82, 2.24) is 9.38 Å². The summed E-state index contributed by atoms with van der Waals surface area (Å²) in [6.45, 7) is 0. The third-order valence-corrected chi connectivity index (χ3v) is 6.19. The first-order valence-electron chi connectivity index (χ1n) is 10.1. The zero-order chi connectivity index (χ0) is 24.3. The number of hydrogen-bond acceptors (Lipinski definition) is 5. The molecule has 1 atom stereocenters. The molecule has 1 aliphatic carbocycles. The summed E-state index contributed by atoms with van der Waals surface area (Å²) in [4.78, 5) is 29.3. The van der Waals surface area contributed by atoms with Crippen molar-refractivity contribution in [2.45, 2.75) is 24.6 Å². The van der Waals surface area contributed by atoms with Crippen LogP contribution in [-0.2, 0) is 27.7 Å². The molecule has 34 heavy (non-hydrogen) atoms. The molecule has 5 rings (SSSR count). The Labute approximate surface area is 194 Å². The Morgan fingerprint density at radius 3 is 2.65 bits per heavy atom. The van der Waals surface area contributed by atoms with Crippen LogP contribution in [0.1, 0.15) is 33.6 Å². The molecule has 2 N–H and O–H groups in total. The van der Waals surface area contributed by atoms with Crippen molar-refractivity contribution in [2.75, 3.05) is 0 Å². The fraction of sp³-hybridized carbons (Fsp3) is 0.174. The highest BCUT2D eigenvalue weighted by molar-refractivity contribution is 6.32. The largest absolute Gasteiger partial charge is 0.464 e. The maximum Gasteiger partial charge on any atom is 0.420 e. The van der Waals surface area contributed by atoms with Crippen LogP contribution in [0.3, 0.4) is 0 Å². The molecular weight excluding hydrogens is 475 g/mol. The van der Waals surface area contributed by atoms with Crippen molar-refractivity contribution < 1.29 is 31.9 Å². The molecule has 0 radical (unpaired) electrons. The Morgan fingerprint density at radius 2 is 1.97 bits per heavy atom. The number of furan rings is 1. The number of carbonyl (C=O) groups is 2. The van der Waals surface area contributed by atoms with Crippen LogP contribution in [0.25, 0.3) is 17.0 Å². The van der Waals surface area contributed by atoms with Gasteiger partial charge in [0.15, 0.2) is 11.3 Å². The van der Waals surface area contributed by atoms with Gasteiger partial charge in [0, 0.05) is 23.7 Å². The van der Waals surface area contributed by atoms with Crippen molar-refractivity contribution in [3.05, 3.63) is 82.5 Å². The lowest BCUT2D eigenvalue weighted by Crippen LogP contribution is -2.43. The van der Waals surface area contributed by atoms with Gasteiger partial charge in [-0.25, -0.2) is 9.78 Å². The number of carbonyl (C=O) groups excluding carboxylic acids is 2. The van der Waals surface area contributed by atoms with E-state index in [0.29, 0.717) is 12.0 Å². The van der Waals surface area contributed by atoms with E-state index >= 15 is 0 Å². The van der Waals surface area contributed by atoms with Crippen molar-refractivity contribution in [1.29, 1.82) is 0 Å². The number of pyridine rings is 1. The van der Waals surface area contributed by atoms with E-state index in [2.05, 4.69) is 4.98 Å². The van der Waals surface area contributed by atoms with Crippen LogP contribution in [0.15, 0.2) is 59.3 Å². The summed E-state index contributed by atoms with van der Waals surface area (Å²) in [5.74, 6) is -1.91. The predicted octanol–water partition coefficient (Wildman–Crippen LogP) is 4.75. The zero-order valence-electron chi connectivity index (χ0n) is 17.2. The summed E-state index contributed by atoms with van der Waals surface area (Å²) in [6.07, 6.45) is -1.71. The average molecular weight is 490 g/mol. The second-order valence-electron chi connectivity index (χ2n) is 7.80. The summed E-state index contributed by atoms with van der Waals surface area (Å²) in [6, 6.07) is 10.7. The molecule has 1 aromatic carbocycles. The van der Waals surface area contributed by atoms with Crippen molar-refractivity contribution in [2.24, 2.45) is 5.73 Å². The fourth-order valence-corrected chi connectivity index (χ4v) is 4.48. The number of benzene rings is 1. The fourth-order valence-electron chi connectivity index (χ4n) is 4.23. The Bertz CT molecular complexity index is 1450. The highest BCUT2D eigenvalue weighted by atomic mass is 35.5. The minimum absolute atomic E-state index is 0.0716. The molecule has 0 bridgehead atoms. The number of aromatic nitrogens is 2. The van der Waals surface area contributed by atoms with Crippen LogP contribution in [-0.4, -0.2) is 21.3 Å². The number of imidazole rings is 1. The second-order valence-corrected chi connectivity index (χ2v) is 8.16. The number of amides is 1. The van der Waals surface area contributed by atoms with Gasteiger partial charge in [-0.1, -0.05) is 35.9 Å². The number of rotatable bonds is 4. The molecule has 1 amide bonds. The molecule has 7 nitrogen and oxygen atoms in total. The van der Waals surface area contributed by atoms with Crippen molar-refractivity contribution >= 4 is 29.1 Å². The SMILES string of the molecule is NC(=O)C1(OC(=O)c2nc3c(C(F)(F)F)cc(-c4ccco4)cn3c2Cl)CCc2ccccc21. The highest BCUT2D eigenvalue weighted by Crippen LogP contribution is 2.42. The summed E-state index contributed by atoms with van der Waals surface area (Å²) in [5.41, 5.74) is 2.80. The predicted molar refractivity (Wildman–Crippen MR) is 114 cm³/mol. The van der Waals surface area contributed by atoms with Crippen LogP contribution < -0.4 is 5.73 Å². The van der Waals surface area contributed by atoms with E-state index in [0.717, 1.165) is 16.0 Å². The number of ether oxygens (including phenoxy) is 1. The lowest BCUT2D eigenvalue weighted by molar-refractivity contribution is -0.138. The first kappa shape index (κ1) is 22.0. The molecule has 11 heteroatoms. The quantitative estimate of drug-likeness (QED) is 0.417. The normalized spacial score (nSPS) is 17.6. The van der Waals surface area contributed by atoms with Gasteiger partial charge in [-0.3, -0.25) is 9.20 Å². The number of fused-ring (bicyclic) bond motifs is 2. The molecule has 0 saturated heterocycles. The molecule has 1 unspecified atom stereocenters. The van der Waals surface area contributed by atoms with E-state index < -0.39 is 45.7 Å². The molecule has 0 spiro atoms. The van der Waals surface area contributed by atoms with Gasteiger partial charge in [0.05, 0.1) is 11.8 Å². The van der Waals surface area contributed by atoms with Gasteiger partial charge >= 0.3 is 12.1 Å². The summed E-state index contributed by atoms with van der Waals surface area (Å²) in [7, 11) is 0. The Kier molecular flexibility index (Phi) is 4.94. The van der Waals surface area contributed by atoms with Crippen LogP contribution in [0.5, 0.6) is 0 Å². The first-order chi connectivity index (χ1) is 16.1. The number of primary amides is 1. The molecule has 3 aromatic heterocycles. The molecule has 0 saturated carbocycles. The molecule has 1 aliphatic rings. The van der Waals surface area contributed by atoms with E-state index in [4.69, 9.17) is 26.5 Å². The number of aryl methyl sites for hydroxylation is 1. The Hall–Kier alpha value is -3.79. The van der Waals surface area contributed by atoms with Gasteiger partial charge in [0.2, 0.25) is 5.60 Å². The average Bonchev–Trinajstić information content (AvgIpc) is 3.52. The number of alkyl halides is 3. The topological polar surface area (TPSA) is 99.8 Å². The standard InChI is InChI=1S/C23H15ClF3N3O4/c24-18-17(20(31)34-22(21(28)32)8-7-12-4-1-2-5-14(12)22)29-19-15(23(25,26)27)10-13(11-30(18)19)16-6-3-9-33-16/h1-6,9-11H,7-8H2,(H2,28,32). The monoisotopic (exact) mass is 489 g/mol. The first-order valence-corrected chi connectivity index (χ1v) is 10.4. The van der Waals surface area contributed by atoms with Crippen LogP contribution in [0.4, 0.5) is 13.2 Å². The van der Waals surface area contributed by atoms with Crippen molar-refractivity contribution in [3.63, 3.8) is 0 Å².